The second kappa shape index (κ2) is 34.9. The van der Waals surface area contributed by atoms with Crippen molar-refractivity contribution in [2.45, 2.75) is 174 Å². The van der Waals surface area contributed by atoms with Gasteiger partial charge in [-0.1, -0.05) is 140 Å². The van der Waals surface area contributed by atoms with Gasteiger partial charge in [0, 0.05) is 12.8 Å². The van der Waals surface area contributed by atoms with Crippen LogP contribution >= 0.6 is 7.82 Å². The van der Waals surface area contributed by atoms with Crippen molar-refractivity contribution in [1.82, 2.24) is 0 Å². The highest BCUT2D eigenvalue weighted by atomic mass is 31.2. The molecule has 0 fully saturated rings. The maximum Gasteiger partial charge on any atom is 0.469 e. The first-order valence-electron chi connectivity index (χ1n) is 18.9. The van der Waals surface area contributed by atoms with E-state index in [1.807, 2.05) is 0 Å². The molecule has 0 amide bonds. The Hall–Kier alpha value is -1.99. The van der Waals surface area contributed by atoms with Crippen molar-refractivity contribution in [3.05, 3.63) is 48.6 Å². The van der Waals surface area contributed by atoms with Crippen molar-refractivity contribution in [1.29, 1.82) is 0 Å². The Bertz CT molecular complexity index is 921. The molecule has 0 aliphatic rings. The Morgan fingerprint density at radius 3 is 1.52 bits per heavy atom. The number of esters is 2. The number of carbonyl (C=O) groups excluding carboxylic acids is 2. The Morgan fingerprint density at radius 1 is 0.562 bits per heavy atom. The highest BCUT2D eigenvalue weighted by Gasteiger charge is 2.22. The molecule has 1 atom stereocenters. The van der Waals surface area contributed by atoms with E-state index in [0.29, 0.717) is 12.8 Å². The van der Waals surface area contributed by atoms with Crippen molar-refractivity contribution in [3.63, 3.8) is 0 Å². The summed E-state index contributed by atoms with van der Waals surface area (Å²) in [6, 6.07) is 0. The van der Waals surface area contributed by atoms with Crippen molar-refractivity contribution in [2.24, 2.45) is 0 Å². The summed E-state index contributed by atoms with van der Waals surface area (Å²) in [7, 11) is -4.75. The summed E-state index contributed by atoms with van der Waals surface area (Å²) < 4.78 is 26.3. The smallest absolute Gasteiger partial charge is 0.462 e. The largest absolute Gasteiger partial charge is 0.469 e. The molecule has 0 aliphatic heterocycles. The van der Waals surface area contributed by atoms with Crippen LogP contribution in [0.25, 0.3) is 0 Å². The molecule has 0 heterocycles. The monoisotopic (exact) mass is 696 g/mol. The lowest BCUT2D eigenvalue weighted by molar-refractivity contribution is -0.161. The fourth-order valence-corrected chi connectivity index (χ4v) is 5.37. The Kier molecular flexibility index (Phi) is 33.4. The van der Waals surface area contributed by atoms with Gasteiger partial charge in [0.05, 0.1) is 6.61 Å². The molecule has 9 heteroatoms. The fourth-order valence-electron chi connectivity index (χ4n) is 5.01. The van der Waals surface area contributed by atoms with Crippen molar-refractivity contribution in [2.75, 3.05) is 13.2 Å². The zero-order chi connectivity index (χ0) is 35.4. The maximum absolute atomic E-state index is 12.4. The van der Waals surface area contributed by atoms with Crippen LogP contribution in [0.5, 0.6) is 0 Å². The molecule has 0 bridgehead atoms. The number of hydrogen-bond acceptors (Lipinski definition) is 6. The quantitative estimate of drug-likeness (QED) is 0.0295. The highest BCUT2D eigenvalue weighted by Crippen LogP contribution is 2.36. The second-order valence-electron chi connectivity index (χ2n) is 12.5. The summed E-state index contributed by atoms with van der Waals surface area (Å²) >= 11 is 0. The molecule has 0 aliphatic carbocycles. The fraction of sp³-hybridized carbons (Fsp3) is 0.744. The van der Waals surface area contributed by atoms with Crippen LogP contribution in [0, 0.1) is 0 Å². The van der Waals surface area contributed by atoms with Crippen LogP contribution in [0.2, 0.25) is 0 Å². The average Bonchev–Trinajstić information content (AvgIpc) is 3.05. The normalized spacial score (nSPS) is 13.0. The molecular weight excluding hydrogens is 627 g/mol. The van der Waals surface area contributed by atoms with Crippen LogP contribution in [-0.4, -0.2) is 41.0 Å². The number of unbranched alkanes of at least 4 members (excludes halogenated alkanes) is 16. The third-order valence-electron chi connectivity index (χ3n) is 7.83. The molecule has 0 aromatic rings. The Balaban J connectivity index is 3.99. The summed E-state index contributed by atoms with van der Waals surface area (Å²) in [6.45, 7) is 3.52. The van der Waals surface area contributed by atoms with Gasteiger partial charge in [-0.2, -0.15) is 0 Å². The van der Waals surface area contributed by atoms with Gasteiger partial charge < -0.3 is 19.3 Å². The number of phosphoric acid groups is 1. The van der Waals surface area contributed by atoms with Crippen LogP contribution < -0.4 is 0 Å². The van der Waals surface area contributed by atoms with Crippen LogP contribution in [0.1, 0.15) is 168 Å². The topological polar surface area (TPSA) is 119 Å². The third-order valence-corrected chi connectivity index (χ3v) is 8.32. The van der Waals surface area contributed by atoms with Crippen LogP contribution in [-0.2, 0) is 28.2 Å². The van der Waals surface area contributed by atoms with Crippen molar-refractivity contribution in [3.8, 4) is 0 Å². The SMILES string of the molecule is CC/C=C/C/C=C/C/C=C/CCCCCCCC(=O)OC[C@H](COP(=O)(O)O)OC(=O)CCCCCCCCCCC/C=C/CCCC. The molecule has 0 aromatic heterocycles. The van der Waals surface area contributed by atoms with Crippen molar-refractivity contribution < 1.29 is 37.9 Å². The molecule has 2 N–H and O–H groups in total. The van der Waals surface area contributed by atoms with Gasteiger partial charge in [-0.25, -0.2) is 4.57 Å². The number of rotatable bonds is 34. The minimum Gasteiger partial charge on any atom is -0.462 e. The maximum atomic E-state index is 12.4. The van der Waals surface area contributed by atoms with E-state index in [1.165, 1.54) is 57.8 Å². The first-order chi connectivity index (χ1) is 23.3. The van der Waals surface area contributed by atoms with E-state index in [2.05, 4.69) is 67.0 Å². The lowest BCUT2D eigenvalue weighted by atomic mass is 10.1. The lowest BCUT2D eigenvalue weighted by Gasteiger charge is -2.18. The summed E-state index contributed by atoms with van der Waals surface area (Å²) in [4.78, 5) is 42.7. The molecule has 8 nitrogen and oxygen atoms in total. The second-order valence-corrected chi connectivity index (χ2v) is 13.8. The van der Waals surface area contributed by atoms with Crippen LogP contribution in [0.4, 0.5) is 0 Å². The summed E-state index contributed by atoms with van der Waals surface area (Å²) in [5.41, 5.74) is 0. The Morgan fingerprint density at radius 2 is 1.00 bits per heavy atom. The third kappa shape index (κ3) is 36.8. The Labute approximate surface area is 293 Å². The summed E-state index contributed by atoms with van der Waals surface area (Å²) in [5.74, 6) is -0.909. The predicted octanol–water partition coefficient (Wildman–Crippen LogP) is 11.2. The van der Waals surface area contributed by atoms with Gasteiger partial charge in [0.25, 0.3) is 0 Å². The number of carbonyl (C=O) groups is 2. The number of phosphoric ester groups is 1. The lowest BCUT2D eigenvalue weighted by Crippen LogP contribution is -2.29. The van der Waals surface area contributed by atoms with Gasteiger partial charge >= 0.3 is 19.8 Å². The molecule has 48 heavy (non-hydrogen) atoms. The molecule has 278 valence electrons. The van der Waals surface area contributed by atoms with Gasteiger partial charge in [-0.15, -0.1) is 0 Å². The number of hydrogen-bond donors (Lipinski definition) is 2. The summed E-state index contributed by atoms with van der Waals surface area (Å²) in [5, 5.41) is 0. The van der Waals surface area contributed by atoms with Gasteiger partial charge in [-0.3, -0.25) is 14.1 Å². The van der Waals surface area contributed by atoms with E-state index in [0.717, 1.165) is 70.6 Å². The van der Waals surface area contributed by atoms with E-state index in [9.17, 15) is 14.2 Å². The van der Waals surface area contributed by atoms with Crippen molar-refractivity contribution >= 4 is 19.8 Å². The predicted molar refractivity (Wildman–Crippen MR) is 198 cm³/mol. The highest BCUT2D eigenvalue weighted by molar-refractivity contribution is 7.46. The molecule has 0 aromatic carbocycles. The van der Waals surface area contributed by atoms with Gasteiger partial charge in [0.2, 0.25) is 0 Å². The van der Waals surface area contributed by atoms with Gasteiger partial charge in [-0.05, 0) is 64.2 Å². The molecule has 0 rings (SSSR count). The minimum atomic E-state index is -4.75. The van der Waals surface area contributed by atoms with Gasteiger partial charge in [0.15, 0.2) is 6.10 Å². The molecule has 0 spiro atoms. The minimum absolute atomic E-state index is 0.204. The van der Waals surface area contributed by atoms with E-state index >= 15 is 0 Å². The zero-order valence-electron chi connectivity index (χ0n) is 30.4. The number of ether oxygens (including phenoxy) is 2. The molecule has 0 radical (unpaired) electrons. The first kappa shape index (κ1) is 46.0. The average molecular weight is 697 g/mol. The van der Waals surface area contributed by atoms with Crippen LogP contribution in [0.3, 0.4) is 0 Å². The van der Waals surface area contributed by atoms with E-state index in [-0.39, 0.29) is 19.4 Å². The standard InChI is InChI=1S/C39H69O8P/c1-3-5-7-9-11-13-15-17-19-21-23-25-27-29-31-33-38(40)45-35-37(36-46-48(42,43)44)47-39(41)34-32-30-28-26-24-22-20-18-16-14-12-10-8-6-4-2/h5,7,10-13,17,19,37H,3-4,6,8-9,14-16,18,20-36H2,1-2H3,(H2,42,43,44)/b7-5+,12-10+,13-11+,19-17+/t37-/m1/s1. The number of allylic oxidation sites excluding steroid dienone is 8. The zero-order valence-corrected chi connectivity index (χ0v) is 31.3. The van der Waals surface area contributed by atoms with Crippen LogP contribution in [0.15, 0.2) is 48.6 Å². The van der Waals surface area contributed by atoms with E-state index in [1.54, 1.807) is 0 Å². The van der Waals surface area contributed by atoms with Gasteiger partial charge in [0.1, 0.15) is 6.61 Å². The first-order valence-corrected chi connectivity index (χ1v) is 20.5. The molecular formula is C39H69O8P. The molecule has 0 unspecified atom stereocenters. The van der Waals surface area contributed by atoms with E-state index in [4.69, 9.17) is 19.3 Å². The molecule has 0 saturated carbocycles. The summed E-state index contributed by atoms with van der Waals surface area (Å²) in [6.07, 6.45) is 41.1. The molecule has 0 saturated heterocycles. The van der Waals surface area contributed by atoms with E-state index < -0.39 is 32.5 Å².